The van der Waals surface area contributed by atoms with Crippen molar-refractivity contribution in [3.05, 3.63) is 65.0 Å². The van der Waals surface area contributed by atoms with E-state index in [1.165, 1.54) is 22.5 Å². The maximum absolute atomic E-state index is 12.1. The van der Waals surface area contributed by atoms with Crippen molar-refractivity contribution in [1.82, 2.24) is 4.98 Å². The van der Waals surface area contributed by atoms with Crippen LogP contribution in [0.25, 0.3) is 11.3 Å². The van der Waals surface area contributed by atoms with Gasteiger partial charge in [-0.05, 0) is 37.1 Å². The first kappa shape index (κ1) is 16.7. The van der Waals surface area contributed by atoms with Gasteiger partial charge in [0, 0.05) is 15.8 Å². The summed E-state index contributed by atoms with van der Waals surface area (Å²) in [6.45, 7) is 4.13. The van der Waals surface area contributed by atoms with Gasteiger partial charge in [-0.3, -0.25) is 4.79 Å². The number of nitrogens with zero attached hydrogens (tertiary/aromatic N) is 1. The van der Waals surface area contributed by atoms with Crippen LogP contribution in [0.3, 0.4) is 0 Å². The minimum absolute atomic E-state index is 0.0341. The van der Waals surface area contributed by atoms with Gasteiger partial charge in [-0.25, -0.2) is 4.98 Å². The molecule has 0 bridgehead atoms. The molecule has 0 radical (unpaired) electrons. The zero-order valence-electron chi connectivity index (χ0n) is 13.6. The summed E-state index contributed by atoms with van der Waals surface area (Å²) in [6, 6.07) is 16.3. The molecule has 0 saturated heterocycles. The number of thioether (sulfide) groups is 1. The van der Waals surface area contributed by atoms with Gasteiger partial charge in [0.1, 0.15) is 0 Å². The van der Waals surface area contributed by atoms with Crippen molar-refractivity contribution in [2.24, 2.45) is 0 Å². The molecule has 122 valence electrons. The zero-order chi connectivity index (χ0) is 16.9. The van der Waals surface area contributed by atoms with E-state index in [1.54, 1.807) is 11.8 Å². The van der Waals surface area contributed by atoms with Crippen molar-refractivity contribution in [2.75, 3.05) is 11.1 Å². The summed E-state index contributed by atoms with van der Waals surface area (Å²) in [4.78, 5) is 17.7. The van der Waals surface area contributed by atoms with Gasteiger partial charge in [0.05, 0.1) is 11.4 Å². The third-order valence-corrected chi connectivity index (χ3v) is 5.12. The van der Waals surface area contributed by atoms with Crippen LogP contribution < -0.4 is 5.32 Å². The van der Waals surface area contributed by atoms with Crippen molar-refractivity contribution >= 4 is 34.1 Å². The van der Waals surface area contributed by atoms with Crippen molar-refractivity contribution in [3.8, 4) is 11.3 Å². The van der Waals surface area contributed by atoms with E-state index in [-0.39, 0.29) is 5.91 Å². The first-order valence-corrected chi connectivity index (χ1v) is 9.48. The highest BCUT2D eigenvalue weighted by molar-refractivity contribution is 8.00. The molecule has 0 unspecified atom stereocenters. The van der Waals surface area contributed by atoms with Crippen molar-refractivity contribution in [1.29, 1.82) is 0 Å². The van der Waals surface area contributed by atoms with Gasteiger partial charge < -0.3 is 5.32 Å². The predicted molar refractivity (Wildman–Crippen MR) is 103 cm³/mol. The SMILES string of the molecule is Cc1cc(C)cc(SCC(=O)Nc2nc(-c3ccccc3)cs2)c1. The number of thiazole rings is 1. The Morgan fingerprint density at radius 3 is 2.54 bits per heavy atom. The average Bonchev–Trinajstić information content (AvgIpc) is 3.01. The summed E-state index contributed by atoms with van der Waals surface area (Å²) in [7, 11) is 0. The lowest BCUT2D eigenvalue weighted by atomic mass is 10.2. The highest BCUT2D eigenvalue weighted by atomic mass is 32.2. The molecule has 0 saturated carbocycles. The molecule has 1 aromatic heterocycles. The third kappa shape index (κ3) is 4.46. The number of hydrogen-bond donors (Lipinski definition) is 1. The van der Waals surface area contributed by atoms with Gasteiger partial charge in [-0.15, -0.1) is 23.1 Å². The minimum Gasteiger partial charge on any atom is -0.301 e. The Bertz CT molecular complexity index is 823. The maximum Gasteiger partial charge on any atom is 0.236 e. The van der Waals surface area contributed by atoms with Crippen LogP contribution in [-0.2, 0) is 4.79 Å². The average molecular weight is 354 g/mol. The van der Waals surface area contributed by atoms with E-state index in [4.69, 9.17) is 0 Å². The molecule has 2 aromatic carbocycles. The second kappa shape index (κ2) is 7.64. The third-order valence-electron chi connectivity index (χ3n) is 3.39. The summed E-state index contributed by atoms with van der Waals surface area (Å²) in [5.74, 6) is 0.344. The van der Waals surface area contributed by atoms with Crippen LogP contribution in [0, 0.1) is 13.8 Å². The van der Waals surface area contributed by atoms with E-state index in [1.807, 2.05) is 35.7 Å². The number of rotatable bonds is 5. The van der Waals surface area contributed by atoms with Crippen LogP contribution >= 0.6 is 23.1 Å². The molecule has 3 rings (SSSR count). The number of aromatic nitrogens is 1. The molecular formula is C19H18N2OS2. The largest absolute Gasteiger partial charge is 0.301 e. The monoisotopic (exact) mass is 354 g/mol. The lowest BCUT2D eigenvalue weighted by Crippen LogP contribution is -2.13. The standard InChI is InChI=1S/C19H18N2OS2/c1-13-8-14(2)10-16(9-13)23-12-18(22)21-19-20-17(11-24-19)15-6-4-3-5-7-15/h3-11H,12H2,1-2H3,(H,20,21,22). The number of nitrogens with one attached hydrogen (secondary N) is 1. The van der Waals surface area contributed by atoms with Crippen molar-refractivity contribution in [3.63, 3.8) is 0 Å². The molecular weight excluding hydrogens is 336 g/mol. The molecule has 0 aliphatic heterocycles. The Labute approximate surface area is 150 Å². The normalized spacial score (nSPS) is 10.6. The summed E-state index contributed by atoms with van der Waals surface area (Å²) in [5, 5.41) is 5.48. The van der Waals surface area contributed by atoms with Gasteiger partial charge in [0.2, 0.25) is 5.91 Å². The Hall–Kier alpha value is -2.11. The summed E-state index contributed by atoms with van der Waals surface area (Å²) < 4.78 is 0. The van der Waals surface area contributed by atoms with Crippen LogP contribution in [0.1, 0.15) is 11.1 Å². The van der Waals surface area contributed by atoms with Gasteiger partial charge in [0.25, 0.3) is 0 Å². The number of amides is 1. The summed E-state index contributed by atoms with van der Waals surface area (Å²) in [5.41, 5.74) is 4.37. The Balaban J connectivity index is 1.58. The van der Waals surface area contributed by atoms with Crippen molar-refractivity contribution in [2.45, 2.75) is 18.7 Å². The molecule has 0 spiro atoms. The van der Waals surface area contributed by atoms with E-state index >= 15 is 0 Å². The Morgan fingerprint density at radius 1 is 1.12 bits per heavy atom. The zero-order valence-corrected chi connectivity index (χ0v) is 15.2. The summed E-state index contributed by atoms with van der Waals surface area (Å²) in [6.07, 6.45) is 0. The quantitative estimate of drug-likeness (QED) is 0.644. The van der Waals surface area contributed by atoms with E-state index in [2.05, 4.69) is 42.3 Å². The highest BCUT2D eigenvalue weighted by Crippen LogP contribution is 2.25. The Morgan fingerprint density at radius 2 is 1.83 bits per heavy atom. The number of anilines is 1. The molecule has 1 N–H and O–H groups in total. The van der Waals surface area contributed by atoms with E-state index in [0.29, 0.717) is 10.9 Å². The molecule has 24 heavy (non-hydrogen) atoms. The van der Waals surface area contributed by atoms with Gasteiger partial charge in [-0.1, -0.05) is 36.4 Å². The number of benzene rings is 2. The van der Waals surface area contributed by atoms with Crippen LogP contribution in [-0.4, -0.2) is 16.6 Å². The van der Waals surface area contributed by atoms with Crippen LogP contribution in [0.4, 0.5) is 5.13 Å². The fourth-order valence-electron chi connectivity index (χ4n) is 2.39. The second-order valence-electron chi connectivity index (χ2n) is 5.56. The number of aryl methyl sites for hydroxylation is 2. The van der Waals surface area contributed by atoms with Crippen molar-refractivity contribution < 1.29 is 4.79 Å². The molecule has 1 amide bonds. The minimum atomic E-state index is -0.0341. The highest BCUT2D eigenvalue weighted by Gasteiger charge is 2.09. The lowest BCUT2D eigenvalue weighted by Gasteiger charge is -2.05. The van der Waals surface area contributed by atoms with E-state index in [9.17, 15) is 4.79 Å². The predicted octanol–water partition coefficient (Wildman–Crippen LogP) is 5.16. The fraction of sp³-hybridized carbons (Fsp3) is 0.158. The molecule has 3 aromatic rings. The molecule has 3 nitrogen and oxygen atoms in total. The second-order valence-corrected chi connectivity index (χ2v) is 7.47. The topological polar surface area (TPSA) is 42.0 Å². The van der Waals surface area contributed by atoms with Crippen LogP contribution in [0.15, 0.2) is 58.8 Å². The fourth-order valence-corrected chi connectivity index (χ4v) is 4.04. The lowest BCUT2D eigenvalue weighted by molar-refractivity contribution is -0.113. The first-order valence-electron chi connectivity index (χ1n) is 7.62. The molecule has 0 fully saturated rings. The summed E-state index contributed by atoms with van der Waals surface area (Å²) >= 11 is 2.99. The molecule has 1 heterocycles. The Kier molecular flexibility index (Phi) is 5.33. The smallest absolute Gasteiger partial charge is 0.236 e. The molecule has 5 heteroatoms. The number of carbonyl (C=O) groups excluding carboxylic acids is 1. The number of carbonyl (C=O) groups is 1. The van der Waals surface area contributed by atoms with Crippen LogP contribution in [0.5, 0.6) is 0 Å². The van der Waals surface area contributed by atoms with E-state index in [0.717, 1.165) is 16.2 Å². The van der Waals surface area contributed by atoms with Gasteiger partial charge in [-0.2, -0.15) is 0 Å². The van der Waals surface area contributed by atoms with Gasteiger partial charge in [0.15, 0.2) is 5.13 Å². The van der Waals surface area contributed by atoms with Crippen LogP contribution in [0.2, 0.25) is 0 Å². The first-order chi connectivity index (χ1) is 11.6. The molecule has 0 aliphatic carbocycles. The molecule has 0 atom stereocenters. The van der Waals surface area contributed by atoms with E-state index < -0.39 is 0 Å². The van der Waals surface area contributed by atoms with Gasteiger partial charge >= 0.3 is 0 Å². The molecule has 0 aliphatic rings. The maximum atomic E-state index is 12.1. The number of hydrogen-bond acceptors (Lipinski definition) is 4.